The van der Waals surface area contributed by atoms with Gasteiger partial charge in [-0.2, -0.15) is 0 Å². The fourth-order valence-electron chi connectivity index (χ4n) is 1.49. The van der Waals surface area contributed by atoms with E-state index in [1.54, 1.807) is 0 Å². The molecule has 0 aromatic rings. The van der Waals surface area contributed by atoms with Crippen molar-refractivity contribution < 1.29 is 25.2 Å². The molecular formula is C15H30O5. The molecule has 0 atom stereocenters. The number of unbranched alkanes of at least 4 members (excludes halogenated alkanes) is 4. The molecule has 20 heavy (non-hydrogen) atoms. The summed E-state index contributed by atoms with van der Waals surface area (Å²) in [6.45, 7) is 6.37. The molecule has 0 aliphatic rings. The van der Waals surface area contributed by atoms with Crippen LogP contribution in [-0.4, -0.2) is 46.2 Å². The lowest BCUT2D eigenvalue weighted by Crippen LogP contribution is -2.33. The highest BCUT2D eigenvalue weighted by Gasteiger charge is 2.26. The zero-order valence-electron chi connectivity index (χ0n) is 12.8. The van der Waals surface area contributed by atoms with E-state index >= 15 is 0 Å². The van der Waals surface area contributed by atoms with Crippen molar-refractivity contribution in [2.24, 2.45) is 5.41 Å². The van der Waals surface area contributed by atoms with Crippen molar-refractivity contribution in [1.29, 1.82) is 0 Å². The quantitative estimate of drug-likeness (QED) is 0.364. The van der Waals surface area contributed by atoms with Gasteiger partial charge in [0.15, 0.2) is 0 Å². The second-order valence-corrected chi connectivity index (χ2v) is 5.22. The Bertz CT molecular complexity index is 239. The first-order chi connectivity index (χ1) is 9.39. The summed E-state index contributed by atoms with van der Waals surface area (Å²) in [7, 11) is 0. The van der Waals surface area contributed by atoms with Crippen molar-refractivity contribution in [3.8, 4) is 0 Å². The van der Waals surface area contributed by atoms with Crippen LogP contribution in [0.4, 0.5) is 0 Å². The fraction of sp³-hybridized carbons (Fsp3) is 0.800. The lowest BCUT2D eigenvalue weighted by Gasteiger charge is -2.27. The van der Waals surface area contributed by atoms with Gasteiger partial charge in [0.05, 0.1) is 19.8 Å². The fourth-order valence-corrected chi connectivity index (χ4v) is 1.49. The van der Waals surface area contributed by atoms with Crippen molar-refractivity contribution in [3.63, 3.8) is 0 Å². The summed E-state index contributed by atoms with van der Waals surface area (Å²) >= 11 is 0. The van der Waals surface area contributed by atoms with E-state index in [1.807, 2.05) is 0 Å². The molecule has 0 unspecified atom stereocenters. The maximum Gasteiger partial charge on any atom is 0.330 e. The van der Waals surface area contributed by atoms with Crippen LogP contribution in [0.5, 0.6) is 0 Å². The second kappa shape index (κ2) is 13.1. The molecule has 0 fully saturated rings. The molecule has 5 nitrogen and oxygen atoms in total. The standard InChI is InChI=1S/C11H24O3.C4H6O2/c1-2-3-4-5-6-7-11(8-12,9-13)10-14;1-3(2)4(5)6/h12-14H,2-10H2,1H3;1H2,2H3,(H,5,6). The number of aliphatic carboxylic acids is 1. The minimum absolute atomic E-state index is 0.131. The molecule has 0 aromatic carbocycles. The molecular weight excluding hydrogens is 260 g/mol. The van der Waals surface area contributed by atoms with E-state index in [0.717, 1.165) is 12.8 Å². The number of carbonyl (C=O) groups is 1. The molecule has 0 radical (unpaired) electrons. The first-order valence-electron chi connectivity index (χ1n) is 7.10. The molecule has 0 rings (SSSR count). The third-order valence-corrected chi connectivity index (χ3v) is 3.18. The van der Waals surface area contributed by atoms with Crippen LogP contribution in [0.1, 0.15) is 52.4 Å². The first kappa shape index (κ1) is 21.4. The molecule has 120 valence electrons. The van der Waals surface area contributed by atoms with Crippen LogP contribution in [0, 0.1) is 5.41 Å². The Morgan fingerprint density at radius 2 is 1.40 bits per heavy atom. The number of carboxylic acid groups (broad SMARTS) is 1. The zero-order valence-corrected chi connectivity index (χ0v) is 12.8. The summed E-state index contributed by atoms with van der Waals surface area (Å²) in [4.78, 5) is 9.60. The first-order valence-corrected chi connectivity index (χ1v) is 7.10. The minimum Gasteiger partial charge on any atom is -0.478 e. The van der Waals surface area contributed by atoms with Gasteiger partial charge in [-0.05, 0) is 13.3 Å². The highest BCUT2D eigenvalue weighted by Crippen LogP contribution is 2.23. The Labute approximate surface area is 122 Å². The van der Waals surface area contributed by atoms with Crippen LogP contribution in [0.3, 0.4) is 0 Å². The summed E-state index contributed by atoms with van der Waals surface area (Å²) in [6, 6.07) is 0. The van der Waals surface area contributed by atoms with Crippen molar-refractivity contribution in [1.82, 2.24) is 0 Å². The Morgan fingerprint density at radius 1 is 1.00 bits per heavy atom. The van der Waals surface area contributed by atoms with E-state index in [1.165, 1.54) is 26.2 Å². The normalized spacial score (nSPS) is 10.7. The predicted molar refractivity (Wildman–Crippen MR) is 79.5 cm³/mol. The summed E-state index contributed by atoms with van der Waals surface area (Å²) in [6.07, 6.45) is 6.46. The average molecular weight is 290 g/mol. The number of rotatable bonds is 10. The van der Waals surface area contributed by atoms with Gasteiger partial charge < -0.3 is 20.4 Å². The Morgan fingerprint density at radius 3 is 1.70 bits per heavy atom. The summed E-state index contributed by atoms with van der Waals surface area (Å²) in [5, 5.41) is 35.1. The molecule has 0 aromatic heterocycles. The SMILES string of the molecule is C=C(C)C(=O)O.CCCCCCCC(CO)(CO)CO. The number of hydrogen-bond donors (Lipinski definition) is 4. The molecule has 4 N–H and O–H groups in total. The molecule has 0 saturated heterocycles. The van der Waals surface area contributed by atoms with E-state index in [0.29, 0.717) is 6.42 Å². The van der Waals surface area contributed by atoms with Crippen LogP contribution >= 0.6 is 0 Å². The molecule has 0 saturated carbocycles. The molecule has 5 heteroatoms. The summed E-state index contributed by atoms with van der Waals surface area (Å²) in [5.74, 6) is -0.935. The second-order valence-electron chi connectivity index (χ2n) is 5.22. The van der Waals surface area contributed by atoms with Gasteiger partial charge in [0.25, 0.3) is 0 Å². The number of aliphatic hydroxyl groups excluding tert-OH is 3. The van der Waals surface area contributed by atoms with Crippen molar-refractivity contribution >= 4 is 5.97 Å². The largest absolute Gasteiger partial charge is 0.478 e. The summed E-state index contributed by atoms with van der Waals surface area (Å²) in [5.41, 5.74) is -0.485. The van der Waals surface area contributed by atoms with Gasteiger partial charge in [0.1, 0.15) is 0 Å². The van der Waals surface area contributed by atoms with E-state index in [9.17, 15) is 4.79 Å². The topological polar surface area (TPSA) is 98.0 Å². The molecule has 0 heterocycles. The lowest BCUT2D eigenvalue weighted by molar-refractivity contribution is -0.132. The van der Waals surface area contributed by atoms with Gasteiger partial charge in [-0.15, -0.1) is 0 Å². The lowest BCUT2D eigenvalue weighted by atomic mass is 9.85. The Balaban J connectivity index is 0. The Hall–Kier alpha value is -0.910. The van der Waals surface area contributed by atoms with E-state index < -0.39 is 11.4 Å². The highest BCUT2D eigenvalue weighted by molar-refractivity contribution is 5.84. The third-order valence-electron chi connectivity index (χ3n) is 3.18. The molecule has 0 aliphatic carbocycles. The van der Waals surface area contributed by atoms with Crippen LogP contribution in [-0.2, 0) is 4.79 Å². The predicted octanol–water partition coefficient (Wildman–Crippen LogP) is 1.96. The third kappa shape index (κ3) is 11.0. The maximum atomic E-state index is 9.60. The smallest absolute Gasteiger partial charge is 0.330 e. The summed E-state index contributed by atoms with van der Waals surface area (Å²) < 4.78 is 0. The monoisotopic (exact) mass is 290 g/mol. The molecule has 0 spiro atoms. The number of aliphatic hydroxyl groups is 3. The average Bonchev–Trinajstić information content (AvgIpc) is 2.44. The number of carboxylic acids is 1. The Kier molecular flexibility index (Phi) is 14.0. The number of hydrogen-bond acceptors (Lipinski definition) is 4. The van der Waals surface area contributed by atoms with Crippen molar-refractivity contribution in [3.05, 3.63) is 12.2 Å². The van der Waals surface area contributed by atoms with Crippen LogP contribution in [0.15, 0.2) is 12.2 Å². The van der Waals surface area contributed by atoms with E-state index in [2.05, 4.69) is 13.5 Å². The van der Waals surface area contributed by atoms with E-state index in [-0.39, 0.29) is 25.4 Å². The highest BCUT2D eigenvalue weighted by atomic mass is 16.4. The van der Waals surface area contributed by atoms with Crippen molar-refractivity contribution in [2.75, 3.05) is 19.8 Å². The van der Waals surface area contributed by atoms with Crippen molar-refractivity contribution in [2.45, 2.75) is 52.4 Å². The molecule has 0 bridgehead atoms. The molecule has 0 amide bonds. The van der Waals surface area contributed by atoms with Gasteiger partial charge in [0.2, 0.25) is 0 Å². The molecule has 0 aliphatic heterocycles. The van der Waals surface area contributed by atoms with Gasteiger partial charge in [-0.25, -0.2) is 4.79 Å². The minimum atomic E-state index is -0.935. The van der Waals surface area contributed by atoms with Gasteiger partial charge >= 0.3 is 5.97 Å². The van der Waals surface area contributed by atoms with Crippen LogP contribution in [0.25, 0.3) is 0 Å². The van der Waals surface area contributed by atoms with E-state index in [4.69, 9.17) is 20.4 Å². The van der Waals surface area contributed by atoms with Gasteiger partial charge in [-0.1, -0.05) is 45.6 Å². The van der Waals surface area contributed by atoms with Gasteiger partial charge in [-0.3, -0.25) is 0 Å². The van der Waals surface area contributed by atoms with Crippen LogP contribution in [0.2, 0.25) is 0 Å². The van der Waals surface area contributed by atoms with Crippen LogP contribution < -0.4 is 0 Å². The van der Waals surface area contributed by atoms with Gasteiger partial charge in [0, 0.05) is 11.0 Å². The zero-order chi connectivity index (χ0) is 16.0. The maximum absolute atomic E-state index is 9.60.